The first-order valence-corrected chi connectivity index (χ1v) is 11.9. The summed E-state index contributed by atoms with van der Waals surface area (Å²) < 4.78 is 35.1. The number of rotatable bonds is 7. The van der Waals surface area contributed by atoms with E-state index in [2.05, 4.69) is 4.72 Å². The number of pyridine rings is 1. The molecule has 1 aromatic carbocycles. The van der Waals surface area contributed by atoms with E-state index in [1.807, 2.05) is 26.0 Å². The van der Waals surface area contributed by atoms with E-state index >= 15 is 0 Å². The molecule has 0 spiro atoms. The van der Waals surface area contributed by atoms with Crippen molar-refractivity contribution >= 4 is 15.9 Å². The number of ether oxygens (including phenoxy) is 1. The van der Waals surface area contributed by atoms with E-state index in [1.54, 1.807) is 23.6 Å². The minimum absolute atomic E-state index is 0.0643. The molecule has 1 amide bonds. The first-order valence-electron chi connectivity index (χ1n) is 10.4. The van der Waals surface area contributed by atoms with Crippen LogP contribution in [-0.2, 0) is 14.8 Å². The summed E-state index contributed by atoms with van der Waals surface area (Å²) >= 11 is 0. The fraction of sp³-hybridized carbons (Fsp3) is 0.455. The van der Waals surface area contributed by atoms with Gasteiger partial charge in [0.2, 0.25) is 15.9 Å². The Morgan fingerprint density at radius 2 is 1.84 bits per heavy atom. The van der Waals surface area contributed by atoms with Crippen LogP contribution in [0.25, 0.3) is 0 Å². The summed E-state index contributed by atoms with van der Waals surface area (Å²) in [6.45, 7) is 5.84. The van der Waals surface area contributed by atoms with Crippen LogP contribution in [0.15, 0.2) is 40.0 Å². The average molecular weight is 446 g/mol. The number of nitrogens with zero attached hydrogens (tertiary/aromatic N) is 2. The van der Waals surface area contributed by atoms with Crippen LogP contribution in [0, 0.1) is 20.8 Å². The molecule has 31 heavy (non-hydrogen) atoms. The zero-order valence-electron chi connectivity index (χ0n) is 17.9. The summed E-state index contributed by atoms with van der Waals surface area (Å²) in [5, 5.41) is 0. The quantitative estimate of drug-likeness (QED) is 0.699. The van der Waals surface area contributed by atoms with Gasteiger partial charge in [-0.2, -0.15) is 0 Å². The van der Waals surface area contributed by atoms with Crippen LogP contribution in [0.3, 0.4) is 0 Å². The zero-order chi connectivity index (χ0) is 22.3. The third-order valence-corrected chi connectivity index (χ3v) is 7.24. The second kappa shape index (κ2) is 8.12. The van der Waals surface area contributed by atoms with Crippen molar-refractivity contribution in [3.8, 4) is 5.75 Å². The molecule has 0 unspecified atom stereocenters. The summed E-state index contributed by atoms with van der Waals surface area (Å²) in [6.07, 6.45) is 1.86. The molecule has 2 aromatic rings. The molecule has 0 bridgehead atoms. The molecule has 9 heteroatoms. The Labute approximate surface area is 181 Å². The van der Waals surface area contributed by atoms with Crippen LogP contribution >= 0.6 is 0 Å². The molecule has 8 nitrogen and oxygen atoms in total. The molecule has 1 aliphatic carbocycles. The molecule has 2 heterocycles. The largest absolute Gasteiger partial charge is 0.486 e. The van der Waals surface area contributed by atoms with Gasteiger partial charge in [0.15, 0.2) is 0 Å². The Bertz CT molecular complexity index is 1180. The minimum atomic E-state index is -3.77. The maximum absolute atomic E-state index is 12.5. The number of likely N-dealkylation sites (tertiary alicyclic amines) is 1. The molecule has 0 radical (unpaired) electrons. The van der Waals surface area contributed by atoms with Crippen molar-refractivity contribution < 1.29 is 17.9 Å². The Morgan fingerprint density at radius 3 is 2.48 bits per heavy atom. The molecular formula is C22H27N3O5S. The van der Waals surface area contributed by atoms with E-state index < -0.39 is 10.0 Å². The van der Waals surface area contributed by atoms with Crippen LogP contribution in [0.4, 0.5) is 0 Å². The number of aryl methyl sites for hydroxylation is 3. The van der Waals surface area contributed by atoms with E-state index in [9.17, 15) is 18.0 Å². The van der Waals surface area contributed by atoms with E-state index in [1.165, 1.54) is 11.0 Å². The van der Waals surface area contributed by atoms with Crippen LogP contribution < -0.4 is 15.0 Å². The van der Waals surface area contributed by atoms with Gasteiger partial charge in [0.05, 0.1) is 24.5 Å². The summed E-state index contributed by atoms with van der Waals surface area (Å²) in [6, 6.07) is 8.83. The maximum Gasteiger partial charge on any atom is 0.254 e. The third kappa shape index (κ3) is 4.67. The first kappa shape index (κ1) is 21.6. The first-order chi connectivity index (χ1) is 14.6. The second-order valence-corrected chi connectivity index (χ2v) is 10.1. The standard InChI is InChI=1S/C22H27N3O5S/c1-14-4-5-15(2)20(8-14)31(28,29)23-11-22(27)24-12-19(13-24)30-18-9-16(3)25(17-6-7-17)21(26)10-18/h4-5,8-10,17,19,23H,6-7,11-13H2,1-3H3. The van der Waals surface area contributed by atoms with Gasteiger partial charge in [-0.3, -0.25) is 9.59 Å². The number of nitrogens with one attached hydrogen (secondary N) is 1. The number of hydrogen-bond acceptors (Lipinski definition) is 5. The van der Waals surface area contributed by atoms with Gasteiger partial charge < -0.3 is 14.2 Å². The summed E-state index contributed by atoms with van der Waals surface area (Å²) in [7, 11) is -3.77. The lowest BCUT2D eigenvalue weighted by molar-refractivity contribution is -0.138. The highest BCUT2D eigenvalue weighted by Crippen LogP contribution is 2.35. The highest BCUT2D eigenvalue weighted by Gasteiger charge is 2.33. The molecule has 1 aliphatic heterocycles. The molecule has 1 aromatic heterocycles. The molecule has 2 fully saturated rings. The van der Waals surface area contributed by atoms with Crippen LogP contribution in [0.1, 0.15) is 35.7 Å². The highest BCUT2D eigenvalue weighted by atomic mass is 32.2. The van der Waals surface area contributed by atoms with Gasteiger partial charge in [0.25, 0.3) is 5.56 Å². The minimum Gasteiger partial charge on any atom is -0.486 e. The van der Waals surface area contributed by atoms with E-state index in [0.717, 1.165) is 24.1 Å². The molecule has 1 saturated heterocycles. The SMILES string of the molecule is Cc1ccc(C)c(S(=O)(=O)NCC(=O)N2CC(Oc3cc(C)n(C4CC4)c(=O)c3)C2)c1. The molecular weight excluding hydrogens is 418 g/mol. The van der Waals surface area contributed by atoms with Gasteiger partial charge in [0, 0.05) is 17.8 Å². The number of carbonyl (C=O) groups excluding carboxylic acids is 1. The topological polar surface area (TPSA) is 97.7 Å². The van der Waals surface area contributed by atoms with Gasteiger partial charge >= 0.3 is 0 Å². The molecule has 2 aliphatic rings. The van der Waals surface area contributed by atoms with Crippen molar-refractivity contribution in [1.29, 1.82) is 0 Å². The Hall–Kier alpha value is -2.65. The third-order valence-electron chi connectivity index (χ3n) is 5.70. The number of carbonyl (C=O) groups is 1. The van der Waals surface area contributed by atoms with Crippen molar-refractivity contribution in [2.75, 3.05) is 19.6 Å². The molecule has 1 N–H and O–H groups in total. The second-order valence-electron chi connectivity index (χ2n) is 8.40. The maximum atomic E-state index is 12.5. The van der Waals surface area contributed by atoms with Crippen molar-refractivity contribution in [3.63, 3.8) is 0 Å². The van der Waals surface area contributed by atoms with Crippen LogP contribution in [0.2, 0.25) is 0 Å². The van der Waals surface area contributed by atoms with E-state index in [4.69, 9.17) is 4.74 Å². The summed E-state index contributed by atoms with van der Waals surface area (Å²) in [5.74, 6) is 0.196. The molecule has 1 saturated carbocycles. The number of sulfonamides is 1. The van der Waals surface area contributed by atoms with Crippen LogP contribution in [-0.4, -0.2) is 49.5 Å². The number of hydrogen-bond donors (Lipinski definition) is 1. The van der Waals surface area contributed by atoms with Crippen molar-refractivity contribution in [1.82, 2.24) is 14.2 Å². The monoisotopic (exact) mass is 445 g/mol. The van der Waals surface area contributed by atoms with E-state index in [-0.39, 0.29) is 29.0 Å². The smallest absolute Gasteiger partial charge is 0.254 e. The normalized spacial score (nSPS) is 16.8. The fourth-order valence-electron chi connectivity index (χ4n) is 3.80. The van der Waals surface area contributed by atoms with Crippen molar-refractivity contribution in [3.05, 3.63) is 57.5 Å². The Morgan fingerprint density at radius 1 is 1.13 bits per heavy atom. The summed E-state index contributed by atoms with van der Waals surface area (Å²) in [5.41, 5.74) is 2.27. The number of aromatic nitrogens is 1. The lowest BCUT2D eigenvalue weighted by Gasteiger charge is -2.39. The van der Waals surface area contributed by atoms with E-state index in [0.29, 0.717) is 30.4 Å². The zero-order valence-corrected chi connectivity index (χ0v) is 18.7. The predicted molar refractivity (Wildman–Crippen MR) is 116 cm³/mol. The molecule has 166 valence electrons. The highest BCUT2D eigenvalue weighted by molar-refractivity contribution is 7.89. The van der Waals surface area contributed by atoms with Gasteiger partial charge in [-0.1, -0.05) is 12.1 Å². The number of benzene rings is 1. The van der Waals surface area contributed by atoms with Gasteiger partial charge in [0.1, 0.15) is 11.9 Å². The lowest BCUT2D eigenvalue weighted by Crippen LogP contribution is -2.58. The van der Waals surface area contributed by atoms with Crippen molar-refractivity contribution in [2.45, 2.75) is 50.7 Å². The Kier molecular flexibility index (Phi) is 5.65. The average Bonchev–Trinajstić information content (AvgIpc) is 3.49. The molecule has 0 atom stereocenters. The van der Waals surface area contributed by atoms with Gasteiger partial charge in [-0.25, -0.2) is 13.1 Å². The van der Waals surface area contributed by atoms with Crippen molar-refractivity contribution in [2.24, 2.45) is 0 Å². The molecule has 4 rings (SSSR count). The fourth-order valence-corrected chi connectivity index (χ4v) is 5.10. The predicted octanol–water partition coefficient (Wildman–Crippen LogP) is 1.68. The van der Waals surface area contributed by atoms with Crippen LogP contribution in [0.5, 0.6) is 5.75 Å². The Balaban J connectivity index is 1.30. The summed E-state index contributed by atoms with van der Waals surface area (Å²) in [4.78, 5) is 26.4. The van der Waals surface area contributed by atoms with Gasteiger partial charge in [-0.15, -0.1) is 0 Å². The van der Waals surface area contributed by atoms with Gasteiger partial charge in [-0.05, 0) is 56.9 Å². The number of amides is 1. The lowest BCUT2D eigenvalue weighted by atomic mass is 10.1.